The number of aromatic amines is 1. The summed E-state index contributed by atoms with van der Waals surface area (Å²) in [6, 6.07) is 4.03. The molecule has 0 aliphatic carbocycles. The number of nitrogens with one attached hydrogen (secondary N) is 1. The van der Waals surface area contributed by atoms with E-state index in [4.69, 9.17) is 5.73 Å². The van der Waals surface area contributed by atoms with Crippen LogP contribution < -0.4 is 5.73 Å². The predicted molar refractivity (Wildman–Crippen MR) is 54.8 cm³/mol. The van der Waals surface area contributed by atoms with E-state index in [0.29, 0.717) is 22.6 Å². The normalized spacial score (nSPS) is 10.5. The Bertz CT molecular complexity index is 507. The first-order chi connectivity index (χ1) is 7.08. The standard InChI is InChI=1S/C10H10FN3O/c1-5-2-6(11)3-7(10(5)15)8-4-9(12)14-13-8/h2-4,15H,1H3,(H3,12,13,14). The van der Waals surface area contributed by atoms with E-state index >= 15 is 0 Å². The van der Waals surface area contributed by atoms with Crippen LogP contribution in [0.2, 0.25) is 0 Å². The van der Waals surface area contributed by atoms with Gasteiger partial charge in [0.05, 0.1) is 5.69 Å². The molecular weight excluding hydrogens is 197 g/mol. The predicted octanol–water partition coefficient (Wildman–Crippen LogP) is 1.81. The molecule has 15 heavy (non-hydrogen) atoms. The van der Waals surface area contributed by atoms with Gasteiger partial charge in [0, 0.05) is 11.6 Å². The Morgan fingerprint density at radius 3 is 2.73 bits per heavy atom. The smallest absolute Gasteiger partial charge is 0.145 e. The second kappa shape index (κ2) is 3.27. The van der Waals surface area contributed by atoms with Gasteiger partial charge >= 0.3 is 0 Å². The Morgan fingerprint density at radius 1 is 1.40 bits per heavy atom. The molecule has 0 aliphatic heterocycles. The van der Waals surface area contributed by atoms with Gasteiger partial charge in [-0.3, -0.25) is 5.10 Å². The van der Waals surface area contributed by atoms with Gasteiger partial charge in [-0.05, 0) is 24.6 Å². The summed E-state index contributed by atoms with van der Waals surface area (Å²) in [6.45, 7) is 1.63. The van der Waals surface area contributed by atoms with Crippen LogP contribution in [0.25, 0.3) is 11.3 Å². The minimum Gasteiger partial charge on any atom is -0.507 e. The van der Waals surface area contributed by atoms with Gasteiger partial charge in [-0.15, -0.1) is 0 Å². The number of hydrogen-bond acceptors (Lipinski definition) is 3. The SMILES string of the molecule is Cc1cc(F)cc(-c2cc(N)n[nH]2)c1O. The van der Waals surface area contributed by atoms with Gasteiger partial charge in [-0.2, -0.15) is 5.10 Å². The average Bonchev–Trinajstić information content (AvgIpc) is 2.58. The second-order valence-electron chi connectivity index (χ2n) is 3.33. The van der Waals surface area contributed by atoms with E-state index in [1.54, 1.807) is 6.92 Å². The molecule has 0 bridgehead atoms. The van der Waals surface area contributed by atoms with Crippen molar-refractivity contribution in [2.45, 2.75) is 6.92 Å². The number of H-pyrrole nitrogens is 1. The van der Waals surface area contributed by atoms with Crippen molar-refractivity contribution in [3.05, 3.63) is 29.6 Å². The van der Waals surface area contributed by atoms with Crippen molar-refractivity contribution in [3.8, 4) is 17.0 Å². The molecule has 0 fully saturated rings. The van der Waals surface area contributed by atoms with Crippen LogP contribution in [0.4, 0.5) is 10.2 Å². The van der Waals surface area contributed by atoms with E-state index in [0.717, 1.165) is 0 Å². The number of hydrogen-bond donors (Lipinski definition) is 3. The number of aryl methyl sites for hydroxylation is 1. The zero-order chi connectivity index (χ0) is 11.0. The number of aromatic nitrogens is 2. The third kappa shape index (κ3) is 1.63. The lowest BCUT2D eigenvalue weighted by Gasteiger charge is -2.05. The number of rotatable bonds is 1. The maximum absolute atomic E-state index is 13.1. The van der Waals surface area contributed by atoms with Crippen LogP contribution in [0.3, 0.4) is 0 Å². The first-order valence-corrected chi connectivity index (χ1v) is 4.38. The number of nitrogen functional groups attached to an aromatic ring is 1. The highest BCUT2D eigenvalue weighted by Crippen LogP contribution is 2.32. The molecule has 2 aromatic rings. The molecule has 0 saturated carbocycles. The largest absolute Gasteiger partial charge is 0.507 e. The third-order valence-electron chi connectivity index (χ3n) is 2.15. The maximum atomic E-state index is 13.1. The highest BCUT2D eigenvalue weighted by atomic mass is 19.1. The molecule has 0 aliphatic rings. The fourth-order valence-corrected chi connectivity index (χ4v) is 1.42. The topological polar surface area (TPSA) is 74.9 Å². The summed E-state index contributed by atoms with van der Waals surface area (Å²) in [5, 5.41) is 16.1. The lowest BCUT2D eigenvalue weighted by Crippen LogP contribution is -1.86. The first kappa shape index (κ1) is 9.51. The molecule has 0 unspecified atom stereocenters. The molecule has 0 amide bonds. The van der Waals surface area contributed by atoms with Gasteiger partial charge in [0.1, 0.15) is 17.4 Å². The Labute approximate surface area is 85.6 Å². The van der Waals surface area contributed by atoms with E-state index in [-0.39, 0.29) is 5.75 Å². The highest BCUT2D eigenvalue weighted by molar-refractivity contribution is 5.70. The molecular formula is C10H10FN3O. The molecule has 0 radical (unpaired) electrons. The Balaban J connectivity index is 2.62. The molecule has 4 nitrogen and oxygen atoms in total. The van der Waals surface area contributed by atoms with Crippen LogP contribution in [0.5, 0.6) is 5.75 Å². The van der Waals surface area contributed by atoms with Crippen LogP contribution in [0.15, 0.2) is 18.2 Å². The number of benzene rings is 1. The number of halogens is 1. The zero-order valence-electron chi connectivity index (χ0n) is 8.08. The molecule has 78 valence electrons. The number of nitrogens with two attached hydrogens (primary N) is 1. The molecule has 0 atom stereocenters. The maximum Gasteiger partial charge on any atom is 0.145 e. The summed E-state index contributed by atoms with van der Waals surface area (Å²) < 4.78 is 13.1. The van der Waals surface area contributed by atoms with E-state index < -0.39 is 5.82 Å². The molecule has 0 spiro atoms. The van der Waals surface area contributed by atoms with Gasteiger partial charge in [0.25, 0.3) is 0 Å². The van der Waals surface area contributed by atoms with Crippen LogP contribution in [-0.2, 0) is 0 Å². The van der Waals surface area contributed by atoms with Crippen molar-refractivity contribution in [1.29, 1.82) is 0 Å². The highest BCUT2D eigenvalue weighted by Gasteiger charge is 2.11. The second-order valence-corrected chi connectivity index (χ2v) is 3.33. The molecule has 0 saturated heterocycles. The van der Waals surface area contributed by atoms with Crippen molar-refractivity contribution in [3.63, 3.8) is 0 Å². The summed E-state index contributed by atoms with van der Waals surface area (Å²) in [5.74, 6) is -0.0835. The summed E-state index contributed by atoms with van der Waals surface area (Å²) in [5.41, 5.74) is 6.75. The minimum absolute atomic E-state index is 0.0278. The van der Waals surface area contributed by atoms with E-state index in [2.05, 4.69) is 10.2 Å². The van der Waals surface area contributed by atoms with Crippen molar-refractivity contribution in [1.82, 2.24) is 10.2 Å². The van der Waals surface area contributed by atoms with E-state index in [9.17, 15) is 9.50 Å². The average molecular weight is 207 g/mol. The molecule has 5 heteroatoms. The lowest BCUT2D eigenvalue weighted by atomic mass is 10.1. The number of nitrogens with zero attached hydrogens (tertiary/aromatic N) is 1. The van der Waals surface area contributed by atoms with Crippen LogP contribution in [0.1, 0.15) is 5.56 Å². The number of anilines is 1. The molecule has 1 aromatic carbocycles. The first-order valence-electron chi connectivity index (χ1n) is 4.38. The van der Waals surface area contributed by atoms with Crippen molar-refractivity contribution in [2.24, 2.45) is 0 Å². The fourth-order valence-electron chi connectivity index (χ4n) is 1.42. The van der Waals surface area contributed by atoms with Crippen LogP contribution in [-0.4, -0.2) is 15.3 Å². The van der Waals surface area contributed by atoms with E-state index in [1.807, 2.05) is 0 Å². The quantitative estimate of drug-likeness (QED) is 0.667. The zero-order valence-corrected chi connectivity index (χ0v) is 8.08. The van der Waals surface area contributed by atoms with Gasteiger partial charge in [0.15, 0.2) is 0 Å². The van der Waals surface area contributed by atoms with Gasteiger partial charge in [-0.25, -0.2) is 4.39 Å². The number of phenols is 1. The Kier molecular flexibility index (Phi) is 2.07. The van der Waals surface area contributed by atoms with Crippen LogP contribution >= 0.6 is 0 Å². The van der Waals surface area contributed by atoms with Crippen LogP contribution in [0, 0.1) is 12.7 Å². The van der Waals surface area contributed by atoms with Gasteiger partial charge in [-0.1, -0.05) is 0 Å². The van der Waals surface area contributed by atoms with Crippen molar-refractivity contribution < 1.29 is 9.50 Å². The third-order valence-corrected chi connectivity index (χ3v) is 2.15. The number of phenolic OH excluding ortho intramolecular Hbond substituents is 1. The molecule has 1 aromatic heterocycles. The molecule has 4 N–H and O–H groups in total. The summed E-state index contributed by atoms with van der Waals surface area (Å²) >= 11 is 0. The van der Waals surface area contributed by atoms with Gasteiger partial charge in [0.2, 0.25) is 0 Å². The van der Waals surface area contributed by atoms with Crippen molar-refractivity contribution in [2.75, 3.05) is 5.73 Å². The lowest BCUT2D eigenvalue weighted by molar-refractivity contribution is 0.470. The summed E-state index contributed by atoms with van der Waals surface area (Å²) in [7, 11) is 0. The van der Waals surface area contributed by atoms with Gasteiger partial charge < -0.3 is 10.8 Å². The monoisotopic (exact) mass is 207 g/mol. The summed E-state index contributed by atoms with van der Waals surface area (Å²) in [6.07, 6.45) is 0. The van der Waals surface area contributed by atoms with E-state index in [1.165, 1.54) is 18.2 Å². The molecule has 1 heterocycles. The number of aromatic hydroxyl groups is 1. The minimum atomic E-state index is -0.409. The summed E-state index contributed by atoms with van der Waals surface area (Å²) in [4.78, 5) is 0. The Morgan fingerprint density at radius 2 is 2.13 bits per heavy atom. The fraction of sp³-hybridized carbons (Fsp3) is 0.100. The Hall–Kier alpha value is -2.04. The molecule has 2 rings (SSSR count). The van der Waals surface area contributed by atoms with Crippen molar-refractivity contribution >= 4 is 5.82 Å².